The molecule has 11 heavy (non-hydrogen) atoms. The molecule has 0 saturated heterocycles. The number of hydrogen-bond acceptors (Lipinski definition) is 2. The number of carbonyl (C=O) groups is 1. The fourth-order valence-corrected chi connectivity index (χ4v) is 0.634. The normalized spacial score (nSPS) is 13.5. The zero-order valence-corrected chi connectivity index (χ0v) is 6.09. The smallest absolute Gasteiger partial charge is 0.238 e. The molecule has 0 aromatic heterocycles. The van der Waals surface area contributed by atoms with Crippen LogP contribution in [0.4, 0.5) is 8.78 Å². The Morgan fingerprint density at radius 1 is 1.36 bits per heavy atom. The SMILES string of the molecule is NC(=O)C(N)CCCC(F)F. The molecule has 3 nitrogen and oxygen atoms in total. The van der Waals surface area contributed by atoms with Gasteiger partial charge in [0.1, 0.15) is 0 Å². The van der Waals surface area contributed by atoms with Crippen LogP contribution in [0.5, 0.6) is 0 Å². The molecule has 0 heterocycles. The van der Waals surface area contributed by atoms with Crippen LogP contribution in [0.25, 0.3) is 0 Å². The van der Waals surface area contributed by atoms with Gasteiger partial charge in [0.25, 0.3) is 0 Å². The summed E-state index contributed by atoms with van der Waals surface area (Å²) in [6, 6.07) is -0.784. The highest BCUT2D eigenvalue weighted by Gasteiger charge is 2.10. The molecule has 0 aromatic carbocycles. The summed E-state index contributed by atoms with van der Waals surface area (Å²) in [5.74, 6) is -0.640. The Kier molecular flexibility index (Phi) is 4.69. The van der Waals surface area contributed by atoms with Crippen LogP contribution in [-0.4, -0.2) is 18.4 Å². The molecule has 0 aliphatic rings. The highest BCUT2D eigenvalue weighted by Crippen LogP contribution is 2.06. The van der Waals surface area contributed by atoms with Gasteiger partial charge >= 0.3 is 0 Å². The molecular formula is C6H12F2N2O. The van der Waals surface area contributed by atoms with Crippen LogP contribution < -0.4 is 11.5 Å². The molecule has 0 bridgehead atoms. The first-order valence-corrected chi connectivity index (χ1v) is 3.37. The van der Waals surface area contributed by atoms with E-state index in [0.717, 1.165) is 0 Å². The zero-order valence-electron chi connectivity index (χ0n) is 6.09. The number of carbonyl (C=O) groups excluding carboxylic acids is 1. The molecule has 0 aliphatic heterocycles. The van der Waals surface area contributed by atoms with E-state index in [0.29, 0.717) is 0 Å². The lowest BCUT2D eigenvalue weighted by Crippen LogP contribution is -2.36. The summed E-state index contributed by atoms with van der Waals surface area (Å²) in [6.45, 7) is 0. The Balaban J connectivity index is 3.31. The van der Waals surface area contributed by atoms with E-state index in [1.54, 1.807) is 0 Å². The van der Waals surface area contributed by atoms with Crippen molar-refractivity contribution in [3.63, 3.8) is 0 Å². The fraction of sp³-hybridized carbons (Fsp3) is 0.833. The van der Waals surface area contributed by atoms with E-state index in [2.05, 4.69) is 0 Å². The molecule has 66 valence electrons. The van der Waals surface area contributed by atoms with Crippen LogP contribution in [0.1, 0.15) is 19.3 Å². The Morgan fingerprint density at radius 2 is 1.91 bits per heavy atom. The van der Waals surface area contributed by atoms with Gasteiger partial charge < -0.3 is 11.5 Å². The molecule has 0 saturated carbocycles. The van der Waals surface area contributed by atoms with Gasteiger partial charge in [-0.25, -0.2) is 8.78 Å². The highest BCUT2D eigenvalue weighted by molar-refractivity contribution is 5.79. The maximum atomic E-state index is 11.5. The molecule has 0 rings (SSSR count). The lowest BCUT2D eigenvalue weighted by atomic mass is 10.1. The summed E-state index contributed by atoms with van der Waals surface area (Å²) in [6.07, 6.45) is -2.07. The van der Waals surface area contributed by atoms with Crippen LogP contribution in [0.2, 0.25) is 0 Å². The maximum absolute atomic E-state index is 11.5. The van der Waals surface area contributed by atoms with Gasteiger partial charge in [0, 0.05) is 6.42 Å². The predicted molar refractivity (Wildman–Crippen MR) is 37.0 cm³/mol. The summed E-state index contributed by atoms with van der Waals surface area (Å²) < 4.78 is 23.1. The van der Waals surface area contributed by atoms with E-state index in [-0.39, 0.29) is 19.3 Å². The van der Waals surface area contributed by atoms with E-state index in [1.807, 2.05) is 0 Å². The van der Waals surface area contributed by atoms with E-state index < -0.39 is 18.4 Å². The first-order valence-electron chi connectivity index (χ1n) is 3.37. The van der Waals surface area contributed by atoms with Crippen molar-refractivity contribution in [2.75, 3.05) is 0 Å². The predicted octanol–water partition coefficient (Wildman–Crippen LogP) is 0.234. The summed E-state index contributed by atoms with van der Waals surface area (Å²) in [7, 11) is 0. The Morgan fingerprint density at radius 3 is 2.27 bits per heavy atom. The number of hydrogen-bond donors (Lipinski definition) is 2. The third-order valence-electron chi connectivity index (χ3n) is 1.30. The Labute approximate surface area is 63.7 Å². The number of primary amides is 1. The minimum atomic E-state index is -2.32. The number of nitrogens with two attached hydrogens (primary N) is 2. The van der Waals surface area contributed by atoms with Crippen LogP contribution >= 0.6 is 0 Å². The van der Waals surface area contributed by atoms with Gasteiger partial charge in [0.15, 0.2) is 0 Å². The third-order valence-corrected chi connectivity index (χ3v) is 1.30. The average molecular weight is 166 g/mol. The molecule has 1 atom stereocenters. The van der Waals surface area contributed by atoms with Crippen molar-refractivity contribution in [2.45, 2.75) is 31.7 Å². The van der Waals surface area contributed by atoms with Crippen molar-refractivity contribution in [3.05, 3.63) is 0 Å². The van der Waals surface area contributed by atoms with E-state index in [4.69, 9.17) is 11.5 Å². The van der Waals surface area contributed by atoms with Gasteiger partial charge in [-0.2, -0.15) is 0 Å². The first-order chi connectivity index (χ1) is 5.04. The number of alkyl halides is 2. The lowest BCUT2D eigenvalue weighted by molar-refractivity contribution is -0.119. The lowest BCUT2D eigenvalue weighted by Gasteiger charge is -2.05. The largest absolute Gasteiger partial charge is 0.368 e. The van der Waals surface area contributed by atoms with Gasteiger partial charge in [-0.15, -0.1) is 0 Å². The molecule has 0 spiro atoms. The van der Waals surface area contributed by atoms with E-state index >= 15 is 0 Å². The van der Waals surface area contributed by atoms with Gasteiger partial charge in [-0.3, -0.25) is 4.79 Å². The summed E-state index contributed by atoms with van der Waals surface area (Å²) in [5.41, 5.74) is 9.98. The molecule has 0 aromatic rings. The van der Waals surface area contributed by atoms with Crippen molar-refractivity contribution < 1.29 is 13.6 Å². The molecule has 5 heteroatoms. The van der Waals surface area contributed by atoms with Crippen molar-refractivity contribution in [3.8, 4) is 0 Å². The molecule has 1 amide bonds. The first kappa shape index (κ1) is 10.3. The van der Waals surface area contributed by atoms with Crippen LogP contribution in [0.15, 0.2) is 0 Å². The molecule has 0 fully saturated rings. The van der Waals surface area contributed by atoms with Gasteiger partial charge in [0.2, 0.25) is 12.3 Å². The van der Waals surface area contributed by atoms with Gasteiger partial charge in [-0.1, -0.05) is 0 Å². The topological polar surface area (TPSA) is 69.1 Å². The monoisotopic (exact) mass is 166 g/mol. The third kappa shape index (κ3) is 5.72. The molecule has 4 N–H and O–H groups in total. The average Bonchev–Trinajstić information content (AvgIpc) is 1.86. The molecular weight excluding hydrogens is 154 g/mol. The number of halogens is 2. The number of amides is 1. The fourth-order valence-electron chi connectivity index (χ4n) is 0.634. The summed E-state index contributed by atoms with van der Waals surface area (Å²) in [4.78, 5) is 10.3. The standard InChI is InChI=1S/C6H12F2N2O/c7-5(8)3-1-2-4(9)6(10)11/h4-5H,1-3,9H2,(H2,10,11). The molecule has 0 aliphatic carbocycles. The van der Waals surface area contributed by atoms with Crippen molar-refractivity contribution in [2.24, 2.45) is 11.5 Å². The molecule has 1 unspecified atom stereocenters. The second-order valence-corrected chi connectivity index (χ2v) is 2.33. The minimum absolute atomic E-state index is 0.221. The van der Waals surface area contributed by atoms with Crippen molar-refractivity contribution in [1.82, 2.24) is 0 Å². The summed E-state index contributed by atoms with van der Waals surface area (Å²) in [5, 5.41) is 0. The second-order valence-electron chi connectivity index (χ2n) is 2.33. The quantitative estimate of drug-likeness (QED) is 0.614. The molecule has 0 radical (unpaired) electrons. The Bertz CT molecular complexity index is 130. The van der Waals surface area contributed by atoms with Gasteiger partial charge in [0.05, 0.1) is 6.04 Å². The highest BCUT2D eigenvalue weighted by atomic mass is 19.3. The maximum Gasteiger partial charge on any atom is 0.238 e. The van der Waals surface area contributed by atoms with Gasteiger partial charge in [-0.05, 0) is 12.8 Å². The van der Waals surface area contributed by atoms with Crippen LogP contribution in [0, 0.1) is 0 Å². The van der Waals surface area contributed by atoms with Crippen molar-refractivity contribution in [1.29, 1.82) is 0 Å². The van der Waals surface area contributed by atoms with E-state index in [1.165, 1.54) is 0 Å². The number of rotatable bonds is 5. The second kappa shape index (κ2) is 5.01. The zero-order chi connectivity index (χ0) is 8.85. The van der Waals surface area contributed by atoms with Crippen LogP contribution in [-0.2, 0) is 4.79 Å². The minimum Gasteiger partial charge on any atom is -0.368 e. The van der Waals surface area contributed by atoms with Crippen molar-refractivity contribution >= 4 is 5.91 Å². The Hall–Kier alpha value is -0.710. The summed E-state index contributed by atoms with van der Waals surface area (Å²) >= 11 is 0. The van der Waals surface area contributed by atoms with Crippen LogP contribution in [0.3, 0.4) is 0 Å². The van der Waals surface area contributed by atoms with E-state index in [9.17, 15) is 13.6 Å².